The van der Waals surface area contributed by atoms with Crippen molar-refractivity contribution in [2.24, 2.45) is 11.8 Å². The van der Waals surface area contributed by atoms with Crippen molar-refractivity contribution in [3.8, 4) is 0 Å². The third-order valence-corrected chi connectivity index (χ3v) is 5.07. The van der Waals surface area contributed by atoms with Gasteiger partial charge >= 0.3 is 0 Å². The molecule has 0 amide bonds. The SMILES string of the molecule is C=C(C)B(C)CCCC(NC(=C)C(NC(C)C)C(C)C)C(=C)C(C)C. The van der Waals surface area contributed by atoms with Gasteiger partial charge < -0.3 is 10.6 Å². The summed E-state index contributed by atoms with van der Waals surface area (Å²) in [5.74, 6) is 0.971. The van der Waals surface area contributed by atoms with Crippen molar-refractivity contribution in [2.45, 2.75) is 92.6 Å². The van der Waals surface area contributed by atoms with Crippen LogP contribution in [0.3, 0.4) is 0 Å². The smallest absolute Gasteiger partial charge is 0.166 e. The zero-order valence-corrected chi connectivity index (χ0v) is 18.2. The number of hydrogen-bond donors (Lipinski definition) is 2. The van der Waals surface area contributed by atoms with E-state index in [0.29, 0.717) is 30.6 Å². The van der Waals surface area contributed by atoms with Crippen LogP contribution in [0.1, 0.15) is 61.3 Å². The first kappa shape index (κ1) is 24.0. The zero-order chi connectivity index (χ0) is 19.7. The molecular formula is C22H43BN2. The van der Waals surface area contributed by atoms with Crippen LogP contribution < -0.4 is 10.6 Å². The normalized spacial score (nSPS) is 13.9. The lowest BCUT2D eigenvalue weighted by Crippen LogP contribution is -2.46. The molecule has 0 bridgehead atoms. The minimum absolute atomic E-state index is 0.275. The predicted molar refractivity (Wildman–Crippen MR) is 117 cm³/mol. The van der Waals surface area contributed by atoms with Crippen LogP contribution in [0, 0.1) is 11.8 Å². The Balaban J connectivity index is 4.95. The molecule has 2 nitrogen and oxygen atoms in total. The molecule has 144 valence electrons. The van der Waals surface area contributed by atoms with E-state index >= 15 is 0 Å². The molecule has 0 aromatic carbocycles. The summed E-state index contributed by atoms with van der Waals surface area (Å²) in [6.45, 7) is 31.1. The molecule has 2 atom stereocenters. The number of hydrogen-bond acceptors (Lipinski definition) is 2. The van der Waals surface area contributed by atoms with Crippen molar-refractivity contribution < 1.29 is 0 Å². The topological polar surface area (TPSA) is 24.1 Å². The van der Waals surface area contributed by atoms with Crippen LogP contribution in [0.15, 0.2) is 36.5 Å². The Kier molecular flexibility index (Phi) is 11.2. The molecule has 0 aromatic rings. The van der Waals surface area contributed by atoms with E-state index in [0.717, 1.165) is 12.1 Å². The Hall–Kier alpha value is -0.955. The van der Waals surface area contributed by atoms with E-state index in [1.165, 1.54) is 23.8 Å². The zero-order valence-electron chi connectivity index (χ0n) is 18.2. The van der Waals surface area contributed by atoms with Crippen molar-refractivity contribution in [3.63, 3.8) is 0 Å². The fourth-order valence-electron chi connectivity index (χ4n) is 3.00. The van der Waals surface area contributed by atoms with Gasteiger partial charge in [-0.3, -0.25) is 0 Å². The summed E-state index contributed by atoms with van der Waals surface area (Å²) < 4.78 is 0. The summed E-state index contributed by atoms with van der Waals surface area (Å²) in [6.07, 6.45) is 3.46. The maximum Gasteiger partial charge on any atom is 0.166 e. The lowest BCUT2D eigenvalue weighted by molar-refractivity contribution is 0.384. The largest absolute Gasteiger partial charge is 0.381 e. The Bertz CT molecular complexity index is 437. The lowest BCUT2D eigenvalue weighted by Gasteiger charge is -2.32. The minimum atomic E-state index is 0.275. The average Bonchev–Trinajstić information content (AvgIpc) is 2.49. The first-order valence-corrected chi connectivity index (χ1v) is 10.0. The van der Waals surface area contributed by atoms with Crippen molar-refractivity contribution in [1.29, 1.82) is 0 Å². The monoisotopic (exact) mass is 346 g/mol. The Morgan fingerprint density at radius 1 is 1.00 bits per heavy atom. The fraction of sp³-hybridized carbons (Fsp3) is 0.727. The molecule has 0 aliphatic heterocycles. The van der Waals surface area contributed by atoms with Gasteiger partial charge in [0.15, 0.2) is 6.71 Å². The standard InChI is InChI=1S/C22H43BN2/c1-15(2)19(9)21(13-12-14-23(11)17(5)6)25-20(10)22(16(3)4)24-18(7)8/h15-16,18,21-22,24-25H,5,9-10,12-14H2,1-4,6-8,11H3. The molecule has 25 heavy (non-hydrogen) atoms. The van der Waals surface area contributed by atoms with Gasteiger partial charge in [-0.25, -0.2) is 0 Å². The molecule has 0 aromatic heterocycles. The Morgan fingerprint density at radius 2 is 1.56 bits per heavy atom. The molecule has 2 unspecified atom stereocenters. The van der Waals surface area contributed by atoms with E-state index in [9.17, 15) is 0 Å². The van der Waals surface area contributed by atoms with Crippen LogP contribution >= 0.6 is 0 Å². The highest BCUT2D eigenvalue weighted by molar-refractivity contribution is 6.65. The van der Waals surface area contributed by atoms with Crippen LogP contribution in [0.4, 0.5) is 0 Å². The summed E-state index contributed by atoms with van der Waals surface area (Å²) in [7, 11) is 0. The fourth-order valence-corrected chi connectivity index (χ4v) is 3.00. The maximum atomic E-state index is 4.36. The highest BCUT2D eigenvalue weighted by Gasteiger charge is 2.22. The molecule has 0 fully saturated rings. The van der Waals surface area contributed by atoms with Gasteiger partial charge in [0.05, 0.1) is 0 Å². The lowest BCUT2D eigenvalue weighted by atomic mass is 9.44. The summed E-state index contributed by atoms with van der Waals surface area (Å²) in [5.41, 5.74) is 3.64. The van der Waals surface area contributed by atoms with Crippen LogP contribution in [0.5, 0.6) is 0 Å². The molecule has 0 aliphatic carbocycles. The number of nitrogens with one attached hydrogen (secondary N) is 2. The van der Waals surface area contributed by atoms with E-state index in [1.54, 1.807) is 0 Å². The maximum absolute atomic E-state index is 4.36. The molecule has 0 heterocycles. The van der Waals surface area contributed by atoms with Gasteiger partial charge in [-0.15, -0.1) is 12.1 Å². The quantitative estimate of drug-likeness (QED) is 0.329. The van der Waals surface area contributed by atoms with Crippen molar-refractivity contribution >= 4 is 6.71 Å². The van der Waals surface area contributed by atoms with Crippen molar-refractivity contribution in [3.05, 3.63) is 36.5 Å². The molecule has 0 saturated carbocycles. The highest BCUT2D eigenvalue weighted by atomic mass is 15.0. The van der Waals surface area contributed by atoms with E-state index in [-0.39, 0.29) is 6.04 Å². The molecule has 0 spiro atoms. The Morgan fingerprint density at radius 3 is 1.96 bits per heavy atom. The molecule has 3 heteroatoms. The first-order valence-electron chi connectivity index (χ1n) is 10.0. The summed E-state index contributed by atoms with van der Waals surface area (Å²) >= 11 is 0. The molecule has 0 rings (SSSR count). The predicted octanol–water partition coefficient (Wildman–Crippen LogP) is 5.71. The summed E-state index contributed by atoms with van der Waals surface area (Å²) in [6, 6.07) is 1.01. The second-order valence-electron chi connectivity index (χ2n) is 8.67. The number of allylic oxidation sites excluding steroid dienone is 1. The average molecular weight is 346 g/mol. The van der Waals surface area contributed by atoms with Crippen LogP contribution in [0.2, 0.25) is 13.1 Å². The van der Waals surface area contributed by atoms with E-state index in [2.05, 4.69) is 85.7 Å². The van der Waals surface area contributed by atoms with Crippen molar-refractivity contribution in [2.75, 3.05) is 0 Å². The molecular weight excluding hydrogens is 303 g/mol. The van der Waals surface area contributed by atoms with Gasteiger partial charge in [0.25, 0.3) is 0 Å². The van der Waals surface area contributed by atoms with Gasteiger partial charge in [-0.05, 0) is 18.3 Å². The first-order chi connectivity index (χ1) is 11.5. The van der Waals surface area contributed by atoms with Gasteiger partial charge in [0.2, 0.25) is 0 Å². The third kappa shape index (κ3) is 9.35. The van der Waals surface area contributed by atoms with Gasteiger partial charge in [-0.2, -0.15) is 0 Å². The summed E-state index contributed by atoms with van der Waals surface area (Å²) in [5, 5.41) is 7.35. The second kappa shape index (κ2) is 11.6. The third-order valence-electron chi connectivity index (χ3n) is 5.07. The molecule has 0 saturated heterocycles. The number of rotatable bonds is 13. The minimum Gasteiger partial charge on any atom is -0.381 e. The van der Waals surface area contributed by atoms with E-state index in [4.69, 9.17) is 0 Å². The van der Waals surface area contributed by atoms with E-state index in [1.807, 2.05) is 0 Å². The molecule has 0 aliphatic rings. The van der Waals surface area contributed by atoms with Gasteiger partial charge in [0, 0.05) is 23.8 Å². The second-order valence-corrected chi connectivity index (χ2v) is 8.67. The van der Waals surface area contributed by atoms with Crippen LogP contribution in [-0.2, 0) is 0 Å². The van der Waals surface area contributed by atoms with Crippen LogP contribution in [0.25, 0.3) is 0 Å². The molecule has 0 radical (unpaired) electrons. The van der Waals surface area contributed by atoms with Gasteiger partial charge in [0.1, 0.15) is 0 Å². The van der Waals surface area contributed by atoms with Crippen molar-refractivity contribution in [1.82, 2.24) is 10.6 Å². The van der Waals surface area contributed by atoms with E-state index < -0.39 is 0 Å². The highest BCUT2D eigenvalue weighted by Crippen LogP contribution is 2.21. The van der Waals surface area contributed by atoms with Gasteiger partial charge in [-0.1, -0.05) is 86.8 Å². The summed E-state index contributed by atoms with van der Waals surface area (Å²) in [4.78, 5) is 0. The Labute approximate surface area is 158 Å². The molecule has 2 N–H and O–H groups in total. The van der Waals surface area contributed by atoms with Crippen LogP contribution in [-0.4, -0.2) is 24.8 Å².